The van der Waals surface area contributed by atoms with E-state index in [0.29, 0.717) is 99.1 Å². The lowest BCUT2D eigenvalue weighted by molar-refractivity contribution is -0.462. The van der Waals surface area contributed by atoms with Gasteiger partial charge in [0.05, 0.1) is 178 Å². The first-order valence-corrected chi connectivity index (χ1v) is 20.1. The van der Waals surface area contributed by atoms with Gasteiger partial charge in [-0.25, -0.2) is 0 Å². The molecule has 0 saturated carbocycles. The number of halogens is 17. The Bertz CT molecular complexity index is 1210. The Morgan fingerprint density at radius 2 is 0.373 bits per heavy atom. The molecular weight excluding hydrogens is 979 g/mol. The summed E-state index contributed by atoms with van der Waals surface area (Å²) < 4.78 is 294. The second kappa shape index (κ2) is 33.8. The molecule has 0 rings (SSSR count). The van der Waals surface area contributed by atoms with Crippen molar-refractivity contribution in [2.75, 3.05) is 178 Å². The van der Waals surface area contributed by atoms with Gasteiger partial charge in [-0.2, -0.15) is 74.6 Å². The highest BCUT2D eigenvalue weighted by atomic mass is 19.4. The molecule has 31 heteroatoms. The number of alkyl halides is 17. The van der Waals surface area contributed by atoms with Gasteiger partial charge in [0, 0.05) is 6.42 Å². The first-order chi connectivity index (χ1) is 31.3. The Balaban J connectivity index is 3.78. The van der Waals surface area contributed by atoms with E-state index >= 15 is 0 Å². The van der Waals surface area contributed by atoms with Crippen LogP contribution in [0, 0.1) is 0 Å². The Hall–Kier alpha value is -1.75. The zero-order valence-electron chi connectivity index (χ0n) is 36.0. The molecule has 0 spiro atoms. The second-order valence-corrected chi connectivity index (χ2v) is 13.1. The van der Waals surface area contributed by atoms with Crippen LogP contribution in [0.4, 0.5) is 74.6 Å². The van der Waals surface area contributed by atoms with Gasteiger partial charge in [-0.1, -0.05) is 0 Å². The zero-order chi connectivity index (χ0) is 51.0. The average molecular weight is 1040 g/mol. The lowest BCUT2D eigenvalue weighted by atomic mass is 9.88. The fraction of sp³-hybridized carbons (Fsp3) is 1.00. The summed E-state index contributed by atoms with van der Waals surface area (Å²) in [6.45, 7) is 3.85. The van der Waals surface area contributed by atoms with Gasteiger partial charge in [0.2, 0.25) is 0 Å². The van der Waals surface area contributed by atoms with Crippen molar-refractivity contribution >= 4 is 0 Å². The first-order valence-electron chi connectivity index (χ1n) is 20.1. The minimum Gasteiger partial charge on any atom is -0.394 e. The first kappa shape index (κ1) is 65.2. The molecule has 0 aromatic carbocycles. The smallest absolute Gasteiger partial charge is 0.394 e. The molecule has 67 heavy (non-hydrogen) atoms. The van der Waals surface area contributed by atoms with E-state index in [2.05, 4.69) is 4.74 Å². The minimum atomic E-state index is -8.67. The van der Waals surface area contributed by atoms with E-state index in [-0.39, 0.29) is 59.5 Å². The fourth-order valence-corrected chi connectivity index (χ4v) is 4.36. The van der Waals surface area contributed by atoms with Gasteiger partial charge >= 0.3 is 47.6 Å². The Morgan fingerprint density at radius 1 is 0.209 bits per heavy atom. The van der Waals surface area contributed by atoms with Crippen LogP contribution in [-0.4, -0.2) is 231 Å². The van der Waals surface area contributed by atoms with Crippen LogP contribution in [0.15, 0.2) is 0 Å². The van der Waals surface area contributed by atoms with Crippen LogP contribution in [0.25, 0.3) is 0 Å². The largest absolute Gasteiger partial charge is 0.460 e. The Morgan fingerprint density at radius 3 is 0.567 bits per heavy atom. The van der Waals surface area contributed by atoms with Crippen LogP contribution < -0.4 is 0 Å². The summed E-state index contributed by atoms with van der Waals surface area (Å²) in [4.78, 5) is 0. The van der Waals surface area contributed by atoms with Crippen LogP contribution in [0.2, 0.25) is 0 Å². The summed E-state index contributed by atoms with van der Waals surface area (Å²) in [5, 5.41) is 8.57. The molecule has 0 bridgehead atoms. The van der Waals surface area contributed by atoms with Gasteiger partial charge in [0.15, 0.2) is 0 Å². The van der Waals surface area contributed by atoms with Crippen molar-refractivity contribution in [2.24, 2.45) is 0 Å². The molecule has 0 aliphatic carbocycles. The zero-order valence-corrected chi connectivity index (χ0v) is 36.0. The van der Waals surface area contributed by atoms with Gasteiger partial charge in [0.1, 0.15) is 0 Å². The Kier molecular flexibility index (Phi) is 32.9. The standard InChI is InChI=1S/C36H57F17O14/c37-29(38,30(39,40)31(41,42)32(43,44)33(45,46)34(47,48)35(49,50)36(51,52)53)1-3-55-5-7-57-9-11-59-13-15-61-17-19-63-21-23-65-25-27-67-28-26-66-24-22-64-20-18-62-16-14-60-12-10-58-8-6-56-4-2-54/h54H,1-28H2. The average Bonchev–Trinajstić information content (AvgIpc) is 3.24. The molecule has 14 nitrogen and oxygen atoms in total. The Labute approximate surface area is 374 Å². The van der Waals surface area contributed by atoms with E-state index in [9.17, 15) is 74.6 Å². The van der Waals surface area contributed by atoms with E-state index in [4.69, 9.17) is 61.9 Å². The van der Waals surface area contributed by atoms with Crippen molar-refractivity contribution in [3.8, 4) is 0 Å². The summed E-state index contributed by atoms with van der Waals surface area (Å²) in [6.07, 6.45) is -10.5. The topological polar surface area (TPSA) is 140 Å². The maximum absolute atomic E-state index is 13.9. The minimum absolute atomic E-state index is 0.0242. The van der Waals surface area contributed by atoms with Crippen LogP contribution in [0.1, 0.15) is 6.42 Å². The molecule has 0 fully saturated rings. The summed E-state index contributed by atoms with van der Waals surface area (Å²) in [6, 6.07) is 0. The molecule has 0 aliphatic rings. The third-order valence-electron chi connectivity index (χ3n) is 8.05. The molecule has 0 aliphatic heterocycles. The van der Waals surface area contributed by atoms with Crippen LogP contribution in [0.5, 0.6) is 0 Å². The quantitative estimate of drug-likeness (QED) is 0.0599. The van der Waals surface area contributed by atoms with E-state index in [1.807, 2.05) is 0 Å². The molecule has 0 atom stereocenters. The van der Waals surface area contributed by atoms with Gasteiger partial charge < -0.3 is 66.7 Å². The number of rotatable bonds is 47. The number of hydrogen-bond donors (Lipinski definition) is 1. The van der Waals surface area contributed by atoms with Crippen LogP contribution >= 0.6 is 0 Å². The van der Waals surface area contributed by atoms with Gasteiger partial charge in [-0.15, -0.1) is 0 Å². The third-order valence-corrected chi connectivity index (χ3v) is 8.05. The highest BCUT2D eigenvalue weighted by Crippen LogP contribution is 2.64. The maximum atomic E-state index is 13.9. The van der Waals surface area contributed by atoms with E-state index in [0.717, 1.165) is 0 Å². The number of aliphatic hydroxyl groups is 1. The molecule has 0 radical (unpaired) electrons. The predicted molar refractivity (Wildman–Crippen MR) is 193 cm³/mol. The molecular formula is C36H57F17O14. The van der Waals surface area contributed by atoms with E-state index < -0.39 is 73.9 Å². The summed E-state index contributed by atoms with van der Waals surface area (Å²) in [5.41, 5.74) is 0. The predicted octanol–water partition coefficient (Wildman–Crippen LogP) is 5.59. The number of hydrogen-bond acceptors (Lipinski definition) is 14. The second-order valence-electron chi connectivity index (χ2n) is 13.1. The normalized spacial score (nSPS) is 13.9. The van der Waals surface area contributed by atoms with Gasteiger partial charge in [0.25, 0.3) is 0 Å². The SMILES string of the molecule is OCCOCCOCCOCCOCCOCCOCCOCCOCCOCCOCCOCCOCCOCCC(F)(F)C(F)(F)C(F)(F)C(F)(F)C(F)(F)C(F)(F)C(F)(F)C(F)(F)F. The number of ether oxygens (including phenoxy) is 13. The third kappa shape index (κ3) is 22.9. The molecule has 1 N–H and O–H groups in total. The van der Waals surface area contributed by atoms with Crippen LogP contribution in [0.3, 0.4) is 0 Å². The van der Waals surface area contributed by atoms with Gasteiger partial charge in [-0.05, 0) is 0 Å². The van der Waals surface area contributed by atoms with E-state index in [1.165, 1.54) is 0 Å². The molecule has 404 valence electrons. The monoisotopic (exact) mass is 1040 g/mol. The summed E-state index contributed by atoms with van der Waals surface area (Å²) in [7, 11) is 0. The molecule has 0 heterocycles. The van der Waals surface area contributed by atoms with E-state index in [1.54, 1.807) is 0 Å². The number of aliphatic hydroxyl groups excluding tert-OH is 1. The molecule has 0 saturated heterocycles. The highest BCUT2D eigenvalue weighted by molar-refractivity contribution is 5.15. The van der Waals surface area contributed by atoms with Crippen molar-refractivity contribution < 1.29 is 141 Å². The van der Waals surface area contributed by atoms with Gasteiger partial charge in [-0.3, -0.25) is 0 Å². The maximum Gasteiger partial charge on any atom is 0.460 e. The lowest BCUT2D eigenvalue weighted by Gasteiger charge is -2.42. The molecule has 0 unspecified atom stereocenters. The lowest BCUT2D eigenvalue weighted by Crippen LogP contribution is -2.74. The summed E-state index contributed by atoms with van der Waals surface area (Å²) >= 11 is 0. The molecule has 0 aromatic heterocycles. The summed E-state index contributed by atoms with van der Waals surface area (Å²) in [5.74, 6) is -56.6. The van der Waals surface area contributed by atoms with Crippen molar-refractivity contribution in [3.63, 3.8) is 0 Å². The van der Waals surface area contributed by atoms with Crippen LogP contribution in [-0.2, 0) is 61.6 Å². The van der Waals surface area contributed by atoms with Crippen molar-refractivity contribution in [1.29, 1.82) is 0 Å². The van der Waals surface area contributed by atoms with Crippen molar-refractivity contribution in [3.05, 3.63) is 0 Å². The van der Waals surface area contributed by atoms with Crippen molar-refractivity contribution in [1.82, 2.24) is 0 Å². The highest BCUT2D eigenvalue weighted by Gasteiger charge is 2.95. The van der Waals surface area contributed by atoms with Crippen molar-refractivity contribution in [2.45, 2.75) is 54.1 Å². The molecule has 0 amide bonds. The molecule has 0 aromatic rings. The fourth-order valence-electron chi connectivity index (χ4n) is 4.36.